The smallest absolute Gasteiger partial charge is 0.264 e. The van der Waals surface area contributed by atoms with Crippen molar-refractivity contribution in [1.29, 1.82) is 0 Å². The predicted octanol–water partition coefficient (Wildman–Crippen LogP) is 6.40. The zero-order chi connectivity index (χ0) is 28.2. The minimum atomic E-state index is -0.244. The molecule has 0 unspecified atom stereocenters. The van der Waals surface area contributed by atoms with Crippen molar-refractivity contribution in [2.24, 2.45) is 5.92 Å². The number of piperidine rings is 1. The van der Waals surface area contributed by atoms with Crippen LogP contribution in [0, 0.1) is 5.92 Å². The van der Waals surface area contributed by atoms with Crippen LogP contribution in [0.5, 0.6) is 5.75 Å². The summed E-state index contributed by atoms with van der Waals surface area (Å²) >= 11 is 5.49. The first-order valence-corrected chi connectivity index (χ1v) is 14.0. The van der Waals surface area contributed by atoms with Crippen LogP contribution in [0.3, 0.4) is 0 Å². The van der Waals surface area contributed by atoms with Crippen molar-refractivity contribution in [2.75, 3.05) is 18.4 Å². The fourth-order valence-electron chi connectivity index (χ4n) is 4.73. The Hall–Kier alpha value is -4.76. The molecule has 0 atom stereocenters. The van der Waals surface area contributed by atoms with Gasteiger partial charge >= 0.3 is 0 Å². The van der Waals surface area contributed by atoms with Gasteiger partial charge in [-0.25, -0.2) is 9.97 Å². The molecule has 41 heavy (non-hydrogen) atoms. The average Bonchev–Trinajstić information content (AvgIpc) is 3.02. The number of ether oxygens (including phenoxy) is 1. The van der Waals surface area contributed by atoms with Crippen LogP contribution >= 0.6 is 12.2 Å². The van der Waals surface area contributed by atoms with Gasteiger partial charge in [-0.2, -0.15) is 0 Å². The van der Waals surface area contributed by atoms with E-state index in [4.69, 9.17) is 26.9 Å². The number of carbonyl (C=O) groups excluding carboxylic acids is 1. The number of pyridine rings is 2. The third-order valence-corrected chi connectivity index (χ3v) is 7.44. The fraction of sp³-hybridized carbons (Fsp3) is 0.188. The molecule has 1 fully saturated rings. The Morgan fingerprint density at radius 2 is 1.49 bits per heavy atom. The summed E-state index contributed by atoms with van der Waals surface area (Å²) in [5.74, 6) is 1.08. The number of rotatable bonds is 5. The van der Waals surface area contributed by atoms with Gasteiger partial charge in [0.25, 0.3) is 11.1 Å². The minimum Gasteiger partial charge on any atom is -0.432 e. The Labute approximate surface area is 243 Å². The van der Waals surface area contributed by atoms with Crippen LogP contribution in [0.1, 0.15) is 30.1 Å². The Bertz CT molecular complexity index is 1690. The van der Waals surface area contributed by atoms with E-state index in [0.717, 1.165) is 25.9 Å². The van der Waals surface area contributed by atoms with Crippen molar-refractivity contribution in [3.8, 4) is 28.5 Å². The van der Waals surface area contributed by atoms with Crippen LogP contribution in [-0.4, -0.2) is 49.0 Å². The molecule has 2 aromatic carbocycles. The number of likely N-dealkylation sites (tertiary alicyclic amines) is 1. The number of hydrogen-bond acceptors (Lipinski definition) is 7. The second-order valence-electron chi connectivity index (χ2n) is 10.1. The summed E-state index contributed by atoms with van der Waals surface area (Å²) in [5.41, 5.74) is 5.08. The number of benzene rings is 2. The van der Waals surface area contributed by atoms with E-state index in [1.54, 1.807) is 36.7 Å². The molecule has 9 heteroatoms. The Balaban J connectivity index is 1.20. The van der Waals surface area contributed by atoms with Crippen molar-refractivity contribution < 1.29 is 9.53 Å². The topological polar surface area (TPSA) is 93.1 Å². The van der Waals surface area contributed by atoms with Crippen LogP contribution in [0.4, 0.5) is 5.69 Å². The molecule has 4 heterocycles. The van der Waals surface area contributed by atoms with Crippen molar-refractivity contribution in [2.45, 2.75) is 19.8 Å². The standard InChI is InChI=1S/C32H28N6O2S/c1-21-14-18-38(19-15-21)32(41)40-24-11-8-22(9-12-24)31(39)35-23-10-13-25-28(20-23)37-30(27-7-3-5-17-34-27)29(36-25)26-6-2-4-16-33-26/h2-13,16-17,20-21H,14-15,18-19H2,1H3,(H,35,39). The van der Waals surface area contributed by atoms with Crippen molar-refractivity contribution >= 4 is 40.0 Å². The molecular weight excluding hydrogens is 532 g/mol. The summed E-state index contributed by atoms with van der Waals surface area (Å²) in [6, 6.07) is 23.8. The van der Waals surface area contributed by atoms with Gasteiger partial charge in [0.05, 0.1) is 22.4 Å². The summed E-state index contributed by atoms with van der Waals surface area (Å²) in [5, 5.41) is 3.44. The molecule has 0 aliphatic carbocycles. The monoisotopic (exact) mass is 560 g/mol. The maximum absolute atomic E-state index is 13.0. The molecule has 0 bridgehead atoms. The van der Waals surface area contributed by atoms with Crippen molar-refractivity contribution in [1.82, 2.24) is 24.8 Å². The normalized spacial score (nSPS) is 13.6. The van der Waals surface area contributed by atoms with Crippen LogP contribution in [0.15, 0.2) is 91.3 Å². The molecule has 1 saturated heterocycles. The molecule has 0 spiro atoms. The summed E-state index contributed by atoms with van der Waals surface area (Å²) < 4.78 is 5.88. The number of thiocarbonyl (C=S) groups is 1. The lowest BCUT2D eigenvalue weighted by Gasteiger charge is -2.31. The van der Waals surface area contributed by atoms with Gasteiger partial charge in [-0.05, 0) is 97.7 Å². The molecule has 1 amide bonds. The highest BCUT2D eigenvalue weighted by atomic mass is 32.1. The molecule has 3 aromatic heterocycles. The van der Waals surface area contributed by atoms with Crippen LogP contribution in [0.25, 0.3) is 33.8 Å². The second kappa shape index (κ2) is 11.8. The van der Waals surface area contributed by atoms with Crippen LogP contribution in [0.2, 0.25) is 0 Å². The first-order valence-electron chi connectivity index (χ1n) is 13.6. The summed E-state index contributed by atoms with van der Waals surface area (Å²) in [6.07, 6.45) is 5.67. The number of hydrogen-bond donors (Lipinski definition) is 1. The Morgan fingerprint density at radius 1 is 0.854 bits per heavy atom. The number of fused-ring (bicyclic) bond motifs is 1. The molecule has 1 aliphatic rings. The first-order chi connectivity index (χ1) is 20.0. The number of nitrogens with zero attached hydrogens (tertiary/aromatic N) is 5. The van der Waals surface area contributed by atoms with Crippen LogP contribution in [-0.2, 0) is 0 Å². The van der Waals surface area contributed by atoms with Crippen molar-refractivity contribution in [3.63, 3.8) is 0 Å². The lowest BCUT2D eigenvalue weighted by molar-refractivity contribution is 0.102. The van der Waals surface area contributed by atoms with Gasteiger partial charge in [-0.1, -0.05) is 19.1 Å². The van der Waals surface area contributed by atoms with Crippen molar-refractivity contribution in [3.05, 3.63) is 96.8 Å². The van der Waals surface area contributed by atoms with Gasteiger partial charge < -0.3 is 15.0 Å². The lowest BCUT2D eigenvalue weighted by atomic mass is 10.00. The molecule has 0 saturated carbocycles. The quantitative estimate of drug-likeness (QED) is 0.247. The van der Waals surface area contributed by atoms with Gasteiger partial charge in [-0.3, -0.25) is 14.8 Å². The average molecular weight is 561 g/mol. The number of anilines is 1. The zero-order valence-electron chi connectivity index (χ0n) is 22.5. The summed E-state index contributed by atoms with van der Waals surface area (Å²) in [7, 11) is 0. The maximum atomic E-state index is 13.0. The van der Waals surface area contributed by atoms with Crippen LogP contribution < -0.4 is 10.1 Å². The van der Waals surface area contributed by atoms with Gasteiger partial charge in [-0.15, -0.1) is 0 Å². The van der Waals surface area contributed by atoms with E-state index in [1.807, 2.05) is 54.6 Å². The SMILES string of the molecule is CC1CCN(C(=S)Oc2ccc(C(=O)Nc3ccc4nc(-c5ccccn5)c(-c5ccccn5)nc4c3)cc2)CC1. The highest BCUT2D eigenvalue weighted by Crippen LogP contribution is 2.30. The minimum absolute atomic E-state index is 0.244. The van der Waals surface area contributed by atoms with E-state index < -0.39 is 0 Å². The Kier molecular flexibility index (Phi) is 7.60. The summed E-state index contributed by atoms with van der Waals surface area (Å²) in [6.45, 7) is 4.07. The van der Waals surface area contributed by atoms with E-state index >= 15 is 0 Å². The Morgan fingerprint density at radius 3 is 2.10 bits per heavy atom. The second-order valence-corrected chi connectivity index (χ2v) is 10.4. The molecule has 5 aromatic rings. The van der Waals surface area contributed by atoms with E-state index in [1.165, 1.54) is 0 Å². The largest absolute Gasteiger partial charge is 0.432 e. The van der Waals surface area contributed by atoms with Gasteiger partial charge in [0.2, 0.25) is 0 Å². The molecule has 204 valence electrons. The van der Waals surface area contributed by atoms with Gasteiger partial charge in [0.15, 0.2) is 0 Å². The predicted molar refractivity (Wildman–Crippen MR) is 164 cm³/mol. The number of amides is 1. The highest BCUT2D eigenvalue weighted by molar-refractivity contribution is 7.80. The lowest BCUT2D eigenvalue weighted by Crippen LogP contribution is -2.39. The third kappa shape index (κ3) is 6.05. The van der Waals surface area contributed by atoms with E-state index in [9.17, 15) is 4.79 Å². The molecule has 6 rings (SSSR count). The molecule has 8 nitrogen and oxygen atoms in total. The third-order valence-electron chi connectivity index (χ3n) is 7.10. The highest BCUT2D eigenvalue weighted by Gasteiger charge is 2.20. The van der Waals surface area contributed by atoms with Gasteiger partial charge in [0, 0.05) is 36.7 Å². The number of carbonyl (C=O) groups is 1. The fourth-order valence-corrected chi connectivity index (χ4v) is 5.01. The maximum Gasteiger partial charge on any atom is 0.264 e. The van der Waals surface area contributed by atoms with Gasteiger partial charge in [0.1, 0.15) is 17.1 Å². The van der Waals surface area contributed by atoms with E-state index in [2.05, 4.69) is 27.1 Å². The zero-order valence-corrected chi connectivity index (χ0v) is 23.3. The van der Waals surface area contributed by atoms with E-state index in [0.29, 0.717) is 61.9 Å². The summed E-state index contributed by atoms with van der Waals surface area (Å²) in [4.78, 5) is 33.9. The number of aromatic nitrogens is 4. The van der Waals surface area contributed by atoms with E-state index in [-0.39, 0.29) is 5.91 Å². The molecule has 1 aliphatic heterocycles. The first kappa shape index (κ1) is 26.5. The molecule has 1 N–H and O–H groups in total. The molecule has 0 radical (unpaired) electrons. The molecular formula is C32H28N6O2S. The number of nitrogens with one attached hydrogen (secondary N) is 1.